The van der Waals surface area contributed by atoms with Crippen molar-refractivity contribution in [2.75, 3.05) is 0 Å². The van der Waals surface area contributed by atoms with Gasteiger partial charge in [0.2, 0.25) is 5.91 Å². The number of amides is 1. The Kier molecular flexibility index (Phi) is 4.45. The number of fused-ring (bicyclic) bond motifs is 1. The van der Waals surface area contributed by atoms with Crippen molar-refractivity contribution < 1.29 is 4.79 Å². The fourth-order valence-corrected chi connectivity index (χ4v) is 3.92. The van der Waals surface area contributed by atoms with Crippen molar-refractivity contribution in [2.24, 2.45) is 0 Å². The highest BCUT2D eigenvalue weighted by atomic mass is 16.2. The zero-order chi connectivity index (χ0) is 18.1. The van der Waals surface area contributed by atoms with Crippen LogP contribution in [-0.2, 0) is 11.3 Å². The number of carbonyl (C=O) groups excluding carboxylic acids is 1. The molecule has 1 aliphatic carbocycles. The van der Waals surface area contributed by atoms with Crippen LogP contribution in [0.4, 0.5) is 0 Å². The summed E-state index contributed by atoms with van der Waals surface area (Å²) in [6.07, 6.45) is 6.37. The number of hydrogen-bond donors (Lipinski definition) is 1. The van der Waals surface area contributed by atoms with Crippen LogP contribution >= 0.6 is 0 Å². The minimum atomic E-state index is 0.0176. The molecule has 2 heterocycles. The molecule has 0 unspecified atom stereocenters. The number of benzene rings is 1. The first-order valence-electron chi connectivity index (χ1n) is 9.30. The van der Waals surface area contributed by atoms with Crippen molar-refractivity contribution in [3.63, 3.8) is 0 Å². The largest absolute Gasteiger partial charge is 0.352 e. The highest BCUT2D eigenvalue weighted by Gasteiger charge is 2.19. The Morgan fingerprint density at radius 2 is 2.04 bits per heavy atom. The Labute approximate surface area is 153 Å². The molecule has 5 heteroatoms. The maximum atomic E-state index is 12.4. The van der Waals surface area contributed by atoms with Gasteiger partial charge in [-0.3, -0.25) is 4.79 Å². The lowest BCUT2D eigenvalue weighted by atomic mass is 10.0. The Balaban J connectivity index is 1.67. The van der Waals surface area contributed by atoms with Gasteiger partial charge < -0.3 is 5.32 Å². The highest BCUT2D eigenvalue weighted by Crippen LogP contribution is 2.30. The van der Waals surface area contributed by atoms with Gasteiger partial charge in [-0.15, -0.1) is 0 Å². The van der Waals surface area contributed by atoms with E-state index in [9.17, 15) is 4.79 Å². The Hall–Kier alpha value is -2.69. The van der Waals surface area contributed by atoms with Crippen LogP contribution in [0.3, 0.4) is 0 Å². The van der Waals surface area contributed by atoms with Crippen LogP contribution in [0.2, 0.25) is 0 Å². The molecule has 1 aromatic carbocycles. The predicted octanol–water partition coefficient (Wildman–Crippen LogP) is 3.77. The third-order valence-electron chi connectivity index (χ3n) is 5.15. The van der Waals surface area contributed by atoms with Crippen molar-refractivity contribution in [1.82, 2.24) is 20.1 Å². The van der Waals surface area contributed by atoms with Crippen molar-refractivity contribution in [2.45, 2.75) is 52.1 Å². The summed E-state index contributed by atoms with van der Waals surface area (Å²) in [7, 11) is 0. The third kappa shape index (κ3) is 3.21. The van der Waals surface area contributed by atoms with Gasteiger partial charge in [0.1, 0.15) is 6.54 Å². The van der Waals surface area contributed by atoms with Gasteiger partial charge in [0.05, 0.1) is 5.69 Å². The number of aromatic nitrogens is 3. The molecule has 1 amide bonds. The van der Waals surface area contributed by atoms with E-state index in [1.165, 1.54) is 18.4 Å². The average molecular weight is 348 g/mol. The van der Waals surface area contributed by atoms with E-state index in [4.69, 9.17) is 0 Å². The van der Waals surface area contributed by atoms with E-state index in [0.29, 0.717) is 6.04 Å². The van der Waals surface area contributed by atoms with Gasteiger partial charge in [-0.1, -0.05) is 42.7 Å². The summed E-state index contributed by atoms with van der Waals surface area (Å²) in [5, 5.41) is 8.75. The molecule has 1 saturated carbocycles. The van der Waals surface area contributed by atoms with E-state index in [-0.39, 0.29) is 12.5 Å². The molecular formula is C21H24N4O. The minimum Gasteiger partial charge on any atom is -0.352 e. The summed E-state index contributed by atoms with van der Waals surface area (Å²) in [6, 6.07) is 10.8. The molecular weight excluding hydrogens is 324 g/mol. The molecule has 1 aliphatic rings. The Bertz CT molecular complexity index is 954. The molecule has 0 bridgehead atoms. The number of aryl methyl sites for hydroxylation is 2. The summed E-state index contributed by atoms with van der Waals surface area (Å²) in [5.41, 5.74) is 5.14. The molecule has 1 fully saturated rings. The van der Waals surface area contributed by atoms with Crippen LogP contribution in [0.15, 0.2) is 36.5 Å². The summed E-state index contributed by atoms with van der Waals surface area (Å²) < 4.78 is 1.73. The summed E-state index contributed by atoms with van der Waals surface area (Å²) in [5.74, 6) is 0.0176. The summed E-state index contributed by atoms with van der Waals surface area (Å²) >= 11 is 0. The van der Waals surface area contributed by atoms with E-state index >= 15 is 0 Å². The second kappa shape index (κ2) is 6.90. The Morgan fingerprint density at radius 1 is 1.23 bits per heavy atom. The number of nitrogens with one attached hydrogen (secondary N) is 1. The fourth-order valence-electron chi connectivity index (χ4n) is 3.92. The molecule has 0 atom stereocenters. The topological polar surface area (TPSA) is 59.8 Å². The molecule has 5 nitrogen and oxygen atoms in total. The van der Waals surface area contributed by atoms with Crippen molar-refractivity contribution in [3.05, 3.63) is 47.8 Å². The maximum Gasteiger partial charge on any atom is 0.242 e. The normalized spacial score (nSPS) is 14.8. The minimum absolute atomic E-state index is 0.0176. The number of carbonyl (C=O) groups is 1. The Morgan fingerprint density at radius 3 is 2.81 bits per heavy atom. The summed E-state index contributed by atoms with van der Waals surface area (Å²) in [6.45, 7) is 4.28. The number of hydrogen-bond acceptors (Lipinski definition) is 3. The predicted molar refractivity (Wildman–Crippen MR) is 103 cm³/mol. The first-order valence-corrected chi connectivity index (χ1v) is 9.30. The van der Waals surface area contributed by atoms with Gasteiger partial charge in [-0.25, -0.2) is 9.67 Å². The molecule has 0 radical (unpaired) electrons. The smallest absolute Gasteiger partial charge is 0.242 e. The molecule has 0 saturated heterocycles. The third-order valence-corrected chi connectivity index (χ3v) is 5.15. The van der Waals surface area contributed by atoms with Crippen LogP contribution in [0.1, 0.15) is 36.9 Å². The van der Waals surface area contributed by atoms with E-state index in [2.05, 4.69) is 46.6 Å². The standard InChI is InChI=1S/C21H24N4O/c1-14-6-5-7-16(12-14)18-10-11-22-21-20(18)15(2)24-25(21)13-19(26)23-17-8-3-4-9-17/h5-7,10-12,17H,3-4,8-9,13H2,1-2H3,(H,23,26). The number of pyridine rings is 1. The first kappa shape index (κ1) is 16.8. The zero-order valence-electron chi connectivity index (χ0n) is 15.3. The van der Waals surface area contributed by atoms with Gasteiger partial charge in [-0.05, 0) is 43.9 Å². The zero-order valence-corrected chi connectivity index (χ0v) is 15.3. The molecule has 3 aromatic rings. The summed E-state index contributed by atoms with van der Waals surface area (Å²) in [4.78, 5) is 16.9. The van der Waals surface area contributed by atoms with Gasteiger partial charge >= 0.3 is 0 Å². The van der Waals surface area contributed by atoms with Gasteiger partial charge in [-0.2, -0.15) is 5.10 Å². The SMILES string of the molecule is Cc1cccc(-c2ccnc3c2c(C)nn3CC(=O)NC2CCCC2)c1. The number of rotatable bonds is 4. The van der Waals surface area contributed by atoms with Crippen LogP contribution in [-0.4, -0.2) is 26.7 Å². The fraction of sp³-hybridized carbons (Fsp3) is 0.381. The van der Waals surface area contributed by atoms with E-state index in [1.807, 2.05) is 13.0 Å². The lowest BCUT2D eigenvalue weighted by Crippen LogP contribution is -2.35. The van der Waals surface area contributed by atoms with Crippen LogP contribution in [0.25, 0.3) is 22.2 Å². The van der Waals surface area contributed by atoms with E-state index in [1.54, 1.807) is 10.9 Å². The highest BCUT2D eigenvalue weighted by molar-refractivity contribution is 5.95. The monoisotopic (exact) mass is 348 g/mol. The van der Waals surface area contributed by atoms with E-state index in [0.717, 1.165) is 40.7 Å². The molecule has 1 N–H and O–H groups in total. The lowest BCUT2D eigenvalue weighted by Gasteiger charge is -2.12. The van der Waals surface area contributed by atoms with Gasteiger partial charge in [0, 0.05) is 17.6 Å². The molecule has 0 spiro atoms. The van der Waals surface area contributed by atoms with Crippen molar-refractivity contribution in [3.8, 4) is 11.1 Å². The molecule has 4 rings (SSSR count). The van der Waals surface area contributed by atoms with Crippen molar-refractivity contribution in [1.29, 1.82) is 0 Å². The molecule has 0 aliphatic heterocycles. The van der Waals surface area contributed by atoms with Crippen LogP contribution in [0.5, 0.6) is 0 Å². The average Bonchev–Trinajstić information content (AvgIpc) is 3.23. The number of nitrogens with zero attached hydrogens (tertiary/aromatic N) is 3. The molecule has 26 heavy (non-hydrogen) atoms. The quantitative estimate of drug-likeness (QED) is 0.781. The van der Waals surface area contributed by atoms with Crippen LogP contribution in [0, 0.1) is 13.8 Å². The van der Waals surface area contributed by atoms with Gasteiger partial charge in [0.25, 0.3) is 0 Å². The molecule has 134 valence electrons. The second-order valence-corrected chi connectivity index (χ2v) is 7.22. The second-order valence-electron chi connectivity index (χ2n) is 7.22. The van der Waals surface area contributed by atoms with Gasteiger partial charge in [0.15, 0.2) is 5.65 Å². The van der Waals surface area contributed by atoms with Crippen molar-refractivity contribution >= 4 is 16.9 Å². The lowest BCUT2D eigenvalue weighted by molar-refractivity contribution is -0.122. The van der Waals surface area contributed by atoms with E-state index < -0.39 is 0 Å². The maximum absolute atomic E-state index is 12.4. The molecule has 2 aromatic heterocycles. The van der Waals surface area contributed by atoms with Crippen LogP contribution < -0.4 is 5.32 Å². The first-order chi connectivity index (χ1) is 12.6.